The monoisotopic (exact) mass is 446 g/mol. The number of aryl methyl sites for hydroxylation is 2. The molecule has 0 aliphatic rings. The van der Waals surface area contributed by atoms with Crippen molar-refractivity contribution in [3.8, 4) is 17.1 Å². The SMILES string of the molecule is Cc1cc(C)n(-c2cc(Cc3c(Cl)c(-c4ccc(F)cc4)nn3CC(F)F)ncn2)n1. The Morgan fingerprint density at radius 3 is 2.42 bits per heavy atom. The number of halogens is 4. The molecule has 0 amide bonds. The summed E-state index contributed by atoms with van der Waals surface area (Å²) in [4.78, 5) is 8.52. The van der Waals surface area contributed by atoms with Crippen LogP contribution >= 0.6 is 11.6 Å². The van der Waals surface area contributed by atoms with Crippen LogP contribution in [0.25, 0.3) is 17.1 Å². The van der Waals surface area contributed by atoms with Gasteiger partial charge >= 0.3 is 0 Å². The number of nitrogens with zero attached hydrogens (tertiary/aromatic N) is 6. The predicted molar refractivity (Wildman–Crippen MR) is 110 cm³/mol. The Hall–Kier alpha value is -3.20. The third kappa shape index (κ3) is 4.46. The quantitative estimate of drug-likeness (QED) is 0.427. The molecule has 0 saturated carbocycles. The van der Waals surface area contributed by atoms with Gasteiger partial charge in [0.05, 0.1) is 22.1 Å². The Bertz CT molecular complexity index is 1220. The highest BCUT2D eigenvalue weighted by atomic mass is 35.5. The third-order valence-corrected chi connectivity index (χ3v) is 5.10. The number of alkyl halides is 2. The van der Waals surface area contributed by atoms with Crippen molar-refractivity contribution in [3.05, 3.63) is 76.3 Å². The van der Waals surface area contributed by atoms with Crippen LogP contribution in [0.3, 0.4) is 0 Å². The molecule has 0 unspecified atom stereocenters. The van der Waals surface area contributed by atoms with Gasteiger partial charge in [-0.25, -0.2) is 27.8 Å². The normalized spacial score (nSPS) is 11.5. The molecule has 3 heterocycles. The van der Waals surface area contributed by atoms with Gasteiger partial charge in [-0.3, -0.25) is 4.68 Å². The summed E-state index contributed by atoms with van der Waals surface area (Å²) in [6.45, 7) is 3.17. The largest absolute Gasteiger partial charge is 0.261 e. The van der Waals surface area contributed by atoms with E-state index in [9.17, 15) is 13.2 Å². The Kier molecular flexibility index (Phi) is 5.77. The molecule has 0 bridgehead atoms. The fraction of sp³-hybridized carbons (Fsp3) is 0.238. The van der Waals surface area contributed by atoms with E-state index in [1.54, 1.807) is 10.7 Å². The zero-order valence-corrected chi connectivity index (χ0v) is 17.5. The van der Waals surface area contributed by atoms with Gasteiger partial charge in [0.2, 0.25) is 0 Å². The maximum absolute atomic E-state index is 13.3. The fourth-order valence-corrected chi connectivity index (χ4v) is 3.66. The molecular formula is C21H18ClF3N6. The molecule has 4 aromatic rings. The van der Waals surface area contributed by atoms with Gasteiger partial charge in [-0.1, -0.05) is 11.6 Å². The fourth-order valence-electron chi connectivity index (χ4n) is 3.35. The molecule has 0 radical (unpaired) electrons. The van der Waals surface area contributed by atoms with E-state index in [1.165, 1.54) is 35.3 Å². The van der Waals surface area contributed by atoms with Crippen LogP contribution in [0.4, 0.5) is 13.2 Å². The summed E-state index contributed by atoms with van der Waals surface area (Å²) < 4.78 is 42.5. The minimum Gasteiger partial charge on any atom is -0.261 e. The first-order valence-electron chi connectivity index (χ1n) is 9.45. The zero-order valence-electron chi connectivity index (χ0n) is 16.7. The Balaban J connectivity index is 1.73. The van der Waals surface area contributed by atoms with Crippen LogP contribution in [-0.2, 0) is 13.0 Å². The van der Waals surface area contributed by atoms with Crippen molar-refractivity contribution in [3.63, 3.8) is 0 Å². The molecule has 160 valence electrons. The summed E-state index contributed by atoms with van der Waals surface area (Å²) in [7, 11) is 0. The molecule has 3 aromatic heterocycles. The summed E-state index contributed by atoms with van der Waals surface area (Å²) in [5, 5.41) is 8.89. The molecule has 0 atom stereocenters. The van der Waals surface area contributed by atoms with E-state index >= 15 is 0 Å². The number of hydrogen-bond donors (Lipinski definition) is 0. The average Bonchev–Trinajstić information content (AvgIpc) is 3.21. The maximum Gasteiger partial charge on any atom is 0.257 e. The van der Waals surface area contributed by atoms with Crippen molar-refractivity contribution in [1.29, 1.82) is 0 Å². The van der Waals surface area contributed by atoms with E-state index in [2.05, 4.69) is 20.2 Å². The highest BCUT2D eigenvalue weighted by Gasteiger charge is 2.21. The van der Waals surface area contributed by atoms with Crippen LogP contribution in [0, 0.1) is 19.7 Å². The van der Waals surface area contributed by atoms with Crippen molar-refractivity contribution in [1.82, 2.24) is 29.5 Å². The van der Waals surface area contributed by atoms with Gasteiger partial charge in [-0.05, 0) is 44.2 Å². The van der Waals surface area contributed by atoms with E-state index in [-0.39, 0.29) is 11.4 Å². The van der Waals surface area contributed by atoms with Crippen molar-refractivity contribution < 1.29 is 13.2 Å². The molecule has 0 saturated heterocycles. The van der Waals surface area contributed by atoms with Gasteiger partial charge in [0.1, 0.15) is 24.4 Å². The zero-order chi connectivity index (χ0) is 22.1. The third-order valence-electron chi connectivity index (χ3n) is 4.71. The standard InChI is InChI=1S/C21H18ClF3N6/c1-12-7-13(2)31(28-12)19-9-16(26-11-27-19)8-17-20(22)21(29-30(17)10-18(24)25)14-3-5-15(23)6-4-14/h3-7,9,11,18H,8,10H2,1-2H3. The molecule has 6 nitrogen and oxygen atoms in total. The summed E-state index contributed by atoms with van der Waals surface area (Å²) in [5.74, 6) is 0.148. The average molecular weight is 447 g/mol. The number of benzene rings is 1. The summed E-state index contributed by atoms with van der Waals surface area (Å²) in [6.07, 6.45) is -1.07. The highest BCUT2D eigenvalue weighted by Crippen LogP contribution is 2.32. The smallest absolute Gasteiger partial charge is 0.257 e. The lowest BCUT2D eigenvalue weighted by Crippen LogP contribution is -2.13. The van der Waals surface area contributed by atoms with E-state index in [0.717, 1.165) is 11.4 Å². The second-order valence-corrected chi connectivity index (χ2v) is 7.45. The van der Waals surface area contributed by atoms with E-state index in [0.29, 0.717) is 28.5 Å². The number of rotatable bonds is 6. The molecule has 10 heteroatoms. The Morgan fingerprint density at radius 2 is 1.77 bits per heavy atom. The van der Waals surface area contributed by atoms with E-state index < -0.39 is 18.8 Å². The first-order valence-corrected chi connectivity index (χ1v) is 9.83. The van der Waals surface area contributed by atoms with Crippen LogP contribution in [0.5, 0.6) is 0 Å². The summed E-state index contributed by atoms with van der Waals surface area (Å²) >= 11 is 6.54. The maximum atomic E-state index is 13.3. The lowest BCUT2D eigenvalue weighted by atomic mass is 10.1. The van der Waals surface area contributed by atoms with E-state index in [4.69, 9.17) is 11.6 Å². The van der Waals surface area contributed by atoms with E-state index in [1.807, 2.05) is 19.9 Å². The van der Waals surface area contributed by atoms with Crippen molar-refractivity contribution >= 4 is 11.6 Å². The van der Waals surface area contributed by atoms with Gasteiger partial charge in [-0.15, -0.1) is 0 Å². The Labute approximate surface area is 181 Å². The van der Waals surface area contributed by atoms with Gasteiger partial charge in [0, 0.05) is 23.7 Å². The molecule has 0 N–H and O–H groups in total. The van der Waals surface area contributed by atoms with Crippen LogP contribution < -0.4 is 0 Å². The molecule has 0 spiro atoms. The lowest BCUT2D eigenvalue weighted by molar-refractivity contribution is 0.121. The molecule has 0 aliphatic carbocycles. The van der Waals surface area contributed by atoms with Crippen molar-refractivity contribution in [2.24, 2.45) is 0 Å². The highest BCUT2D eigenvalue weighted by molar-refractivity contribution is 6.33. The van der Waals surface area contributed by atoms with Crippen LogP contribution in [0.2, 0.25) is 5.02 Å². The second-order valence-electron chi connectivity index (χ2n) is 7.07. The van der Waals surface area contributed by atoms with Gasteiger partial charge in [-0.2, -0.15) is 10.2 Å². The van der Waals surface area contributed by atoms with Gasteiger partial charge in [0.15, 0.2) is 5.82 Å². The second kappa shape index (κ2) is 8.50. The van der Waals surface area contributed by atoms with Crippen LogP contribution in [-0.4, -0.2) is 36.0 Å². The van der Waals surface area contributed by atoms with Crippen molar-refractivity contribution in [2.75, 3.05) is 0 Å². The molecule has 0 fully saturated rings. The number of aromatic nitrogens is 6. The minimum absolute atomic E-state index is 0.161. The molecule has 4 rings (SSSR count). The lowest BCUT2D eigenvalue weighted by Gasteiger charge is -2.08. The minimum atomic E-state index is -2.62. The van der Waals surface area contributed by atoms with Gasteiger partial charge < -0.3 is 0 Å². The topological polar surface area (TPSA) is 61.4 Å². The molecule has 1 aromatic carbocycles. The first kappa shape index (κ1) is 21.0. The van der Waals surface area contributed by atoms with Crippen LogP contribution in [0.15, 0.2) is 42.7 Å². The predicted octanol–water partition coefficient (Wildman–Crippen LogP) is 4.79. The number of hydrogen-bond acceptors (Lipinski definition) is 4. The molecular weight excluding hydrogens is 429 g/mol. The van der Waals surface area contributed by atoms with Crippen LogP contribution in [0.1, 0.15) is 22.8 Å². The molecule has 31 heavy (non-hydrogen) atoms. The van der Waals surface area contributed by atoms with Gasteiger partial charge in [0.25, 0.3) is 6.43 Å². The van der Waals surface area contributed by atoms with Crippen molar-refractivity contribution in [2.45, 2.75) is 33.2 Å². The molecule has 0 aliphatic heterocycles. The Morgan fingerprint density at radius 1 is 1.03 bits per heavy atom. The first-order chi connectivity index (χ1) is 14.8. The summed E-state index contributed by atoms with van der Waals surface area (Å²) in [5.41, 5.74) is 3.55. The summed E-state index contributed by atoms with van der Waals surface area (Å²) in [6, 6.07) is 9.20.